The lowest BCUT2D eigenvalue weighted by Crippen LogP contribution is -2.25. The number of aryl methyl sites for hydroxylation is 3. The number of fused-ring (bicyclic) bond motifs is 1. The Hall–Kier alpha value is -3.47. The molecule has 0 atom stereocenters. The number of carbonyl (C=O) groups is 1. The summed E-state index contributed by atoms with van der Waals surface area (Å²) in [6.45, 7) is 6.70. The van der Waals surface area contributed by atoms with Crippen molar-refractivity contribution < 1.29 is 4.79 Å². The van der Waals surface area contributed by atoms with Gasteiger partial charge < -0.3 is 4.57 Å². The average Bonchev–Trinajstić information content (AvgIpc) is 3.03. The van der Waals surface area contributed by atoms with E-state index in [0.717, 1.165) is 29.9 Å². The largest absolute Gasteiger partial charge is 0.348 e. The van der Waals surface area contributed by atoms with Crippen molar-refractivity contribution in [2.24, 2.45) is 0 Å². The molecule has 0 amide bonds. The van der Waals surface area contributed by atoms with Crippen LogP contribution in [-0.4, -0.2) is 19.9 Å². The molecule has 4 aromatic rings. The number of nitrogens with zero attached hydrogens (tertiary/aromatic N) is 3. The first-order chi connectivity index (χ1) is 14.5. The van der Waals surface area contributed by atoms with Crippen LogP contribution in [-0.2, 0) is 19.5 Å². The van der Waals surface area contributed by atoms with Crippen molar-refractivity contribution in [3.8, 4) is 0 Å². The molecule has 2 heterocycles. The van der Waals surface area contributed by atoms with Crippen molar-refractivity contribution in [2.75, 3.05) is 0 Å². The van der Waals surface area contributed by atoms with Crippen LogP contribution in [0.15, 0.2) is 65.7 Å². The van der Waals surface area contributed by atoms with Crippen LogP contribution >= 0.6 is 0 Å². The summed E-state index contributed by atoms with van der Waals surface area (Å²) in [5.74, 6) is -0.0787. The molecule has 2 aromatic carbocycles. The minimum absolute atomic E-state index is 0.0152. The number of carbonyl (C=O) groups excluding carboxylic acids is 1. The third-order valence-corrected chi connectivity index (χ3v) is 5.71. The second-order valence-corrected chi connectivity index (χ2v) is 7.74. The van der Waals surface area contributed by atoms with Crippen LogP contribution < -0.4 is 5.56 Å². The summed E-state index contributed by atoms with van der Waals surface area (Å²) in [7, 11) is 0. The van der Waals surface area contributed by atoms with Crippen LogP contribution in [0.5, 0.6) is 0 Å². The zero-order chi connectivity index (χ0) is 21.3. The summed E-state index contributed by atoms with van der Waals surface area (Å²) in [5, 5.41) is 0.540. The van der Waals surface area contributed by atoms with E-state index in [1.807, 2.05) is 57.2 Å². The smallest absolute Gasteiger partial charge is 0.261 e. The second kappa shape index (κ2) is 8.11. The van der Waals surface area contributed by atoms with E-state index in [0.29, 0.717) is 16.5 Å². The van der Waals surface area contributed by atoms with E-state index in [2.05, 4.69) is 21.7 Å². The molecule has 30 heavy (non-hydrogen) atoms. The van der Waals surface area contributed by atoms with E-state index in [-0.39, 0.29) is 17.9 Å². The van der Waals surface area contributed by atoms with Gasteiger partial charge in [0.2, 0.25) is 0 Å². The van der Waals surface area contributed by atoms with Crippen molar-refractivity contribution in [1.82, 2.24) is 14.1 Å². The van der Waals surface area contributed by atoms with Gasteiger partial charge in [0.1, 0.15) is 0 Å². The SMILES string of the molecule is Cc1cccc2c(=O)n(CC(=O)c3cc(C)n(CCc4ccccc4)c3C)cnc12. The maximum Gasteiger partial charge on any atom is 0.261 e. The van der Waals surface area contributed by atoms with Gasteiger partial charge >= 0.3 is 0 Å². The lowest BCUT2D eigenvalue weighted by atomic mass is 10.1. The molecule has 0 spiro atoms. The molecule has 2 aromatic heterocycles. The van der Waals surface area contributed by atoms with Crippen LogP contribution in [0.1, 0.15) is 32.9 Å². The number of benzene rings is 2. The summed E-state index contributed by atoms with van der Waals surface area (Å²) in [6.07, 6.45) is 2.38. The molecule has 5 heteroatoms. The third kappa shape index (κ3) is 3.71. The number of hydrogen-bond donors (Lipinski definition) is 0. The number of ketones is 1. The number of aromatic nitrogens is 3. The fourth-order valence-electron chi connectivity index (χ4n) is 4.00. The first-order valence-electron chi connectivity index (χ1n) is 10.1. The first kappa shape index (κ1) is 19.8. The molecule has 0 unspecified atom stereocenters. The van der Waals surface area contributed by atoms with Gasteiger partial charge in [-0.3, -0.25) is 14.2 Å². The Bertz CT molecular complexity index is 1280. The predicted molar refractivity (Wildman–Crippen MR) is 119 cm³/mol. The second-order valence-electron chi connectivity index (χ2n) is 7.74. The molecule has 0 aliphatic rings. The normalized spacial score (nSPS) is 11.2. The van der Waals surface area contributed by atoms with Gasteiger partial charge in [0.25, 0.3) is 5.56 Å². The van der Waals surface area contributed by atoms with Crippen LogP contribution in [0.3, 0.4) is 0 Å². The third-order valence-electron chi connectivity index (χ3n) is 5.71. The minimum atomic E-state index is -0.185. The van der Waals surface area contributed by atoms with Crippen LogP contribution in [0.4, 0.5) is 0 Å². The van der Waals surface area contributed by atoms with E-state index in [1.165, 1.54) is 16.5 Å². The first-order valence-corrected chi connectivity index (χ1v) is 10.1. The van der Waals surface area contributed by atoms with Crippen molar-refractivity contribution in [3.05, 3.63) is 99.4 Å². The molecule has 0 fully saturated rings. The predicted octanol–water partition coefficient (Wildman–Crippen LogP) is 4.25. The highest BCUT2D eigenvalue weighted by molar-refractivity contribution is 5.97. The molecule has 4 rings (SSSR count). The van der Waals surface area contributed by atoms with Gasteiger partial charge in [-0.15, -0.1) is 0 Å². The minimum Gasteiger partial charge on any atom is -0.348 e. The quantitative estimate of drug-likeness (QED) is 0.456. The fourth-order valence-corrected chi connectivity index (χ4v) is 4.00. The van der Waals surface area contributed by atoms with Crippen molar-refractivity contribution in [3.63, 3.8) is 0 Å². The van der Waals surface area contributed by atoms with Gasteiger partial charge in [0.15, 0.2) is 5.78 Å². The molecule has 0 N–H and O–H groups in total. The molecule has 0 saturated heterocycles. The van der Waals surface area contributed by atoms with Gasteiger partial charge in [0.05, 0.1) is 23.8 Å². The topological polar surface area (TPSA) is 56.9 Å². The molecule has 5 nitrogen and oxygen atoms in total. The van der Waals surface area contributed by atoms with Gasteiger partial charge in [-0.2, -0.15) is 0 Å². The maximum absolute atomic E-state index is 13.0. The molecule has 0 aliphatic carbocycles. The Balaban J connectivity index is 1.58. The van der Waals surface area contributed by atoms with E-state index in [1.54, 1.807) is 6.07 Å². The Labute approximate surface area is 175 Å². The molecular formula is C25H25N3O2. The summed E-state index contributed by atoms with van der Waals surface area (Å²) >= 11 is 0. The Morgan fingerprint density at radius 3 is 2.53 bits per heavy atom. The zero-order valence-electron chi connectivity index (χ0n) is 17.6. The molecule has 152 valence electrons. The maximum atomic E-state index is 13.0. The van der Waals surface area contributed by atoms with E-state index < -0.39 is 0 Å². The Kier molecular flexibility index (Phi) is 5.36. The lowest BCUT2D eigenvalue weighted by molar-refractivity contribution is 0.0970. The van der Waals surface area contributed by atoms with Crippen molar-refractivity contribution in [2.45, 2.75) is 40.3 Å². The monoisotopic (exact) mass is 399 g/mol. The number of para-hydroxylation sites is 1. The molecular weight excluding hydrogens is 374 g/mol. The highest BCUT2D eigenvalue weighted by Crippen LogP contribution is 2.18. The Morgan fingerprint density at radius 2 is 1.77 bits per heavy atom. The van der Waals surface area contributed by atoms with E-state index in [4.69, 9.17) is 0 Å². The van der Waals surface area contributed by atoms with Gasteiger partial charge in [-0.1, -0.05) is 42.5 Å². The van der Waals surface area contributed by atoms with Crippen LogP contribution in [0.2, 0.25) is 0 Å². The van der Waals surface area contributed by atoms with Crippen molar-refractivity contribution in [1.29, 1.82) is 0 Å². The molecule has 0 radical (unpaired) electrons. The number of Topliss-reactive ketones (excluding diaryl/α,β-unsaturated/α-hetero) is 1. The summed E-state index contributed by atoms with van der Waals surface area (Å²) in [6, 6.07) is 17.8. The van der Waals surface area contributed by atoms with Gasteiger partial charge in [-0.25, -0.2) is 4.98 Å². The number of hydrogen-bond acceptors (Lipinski definition) is 3. The Morgan fingerprint density at radius 1 is 1.00 bits per heavy atom. The number of rotatable bonds is 6. The highest BCUT2D eigenvalue weighted by Gasteiger charge is 2.17. The average molecular weight is 399 g/mol. The zero-order valence-corrected chi connectivity index (χ0v) is 17.6. The summed E-state index contributed by atoms with van der Waals surface area (Å²) in [5.41, 5.74) is 5.36. The standard InChI is InChI=1S/C25H25N3O2/c1-17-8-7-11-21-24(17)26-16-27(25(21)30)15-23(29)22-14-18(2)28(19(22)3)13-12-20-9-5-4-6-10-20/h4-11,14,16H,12-13,15H2,1-3H3. The van der Waals surface area contributed by atoms with Gasteiger partial charge in [-0.05, 0) is 50.5 Å². The highest BCUT2D eigenvalue weighted by atomic mass is 16.1. The van der Waals surface area contributed by atoms with Crippen LogP contribution in [0, 0.1) is 20.8 Å². The van der Waals surface area contributed by atoms with Gasteiger partial charge in [0, 0.05) is 23.5 Å². The van der Waals surface area contributed by atoms with E-state index >= 15 is 0 Å². The van der Waals surface area contributed by atoms with Crippen LogP contribution in [0.25, 0.3) is 10.9 Å². The lowest BCUT2D eigenvalue weighted by Gasteiger charge is -2.10. The van der Waals surface area contributed by atoms with E-state index in [9.17, 15) is 9.59 Å². The fraction of sp³-hybridized carbons (Fsp3) is 0.240. The molecule has 0 aliphatic heterocycles. The summed E-state index contributed by atoms with van der Waals surface area (Å²) < 4.78 is 3.57. The molecule has 0 bridgehead atoms. The molecule has 0 saturated carbocycles. The van der Waals surface area contributed by atoms with Crippen molar-refractivity contribution >= 4 is 16.7 Å². The summed E-state index contributed by atoms with van der Waals surface area (Å²) in [4.78, 5) is 30.3.